The summed E-state index contributed by atoms with van der Waals surface area (Å²) < 4.78 is 0. The molecule has 132 valence electrons. The van der Waals surface area contributed by atoms with Crippen LogP contribution in [0.25, 0.3) is 0 Å². The summed E-state index contributed by atoms with van der Waals surface area (Å²) in [4.78, 5) is 19.6. The van der Waals surface area contributed by atoms with E-state index in [9.17, 15) is 4.79 Å². The van der Waals surface area contributed by atoms with Crippen LogP contribution in [0.15, 0.2) is 30.3 Å². The van der Waals surface area contributed by atoms with Crippen LogP contribution in [-0.4, -0.2) is 67.6 Å². The Bertz CT molecular complexity index is 556. The van der Waals surface area contributed by atoms with Crippen molar-refractivity contribution in [2.24, 2.45) is 11.1 Å². The summed E-state index contributed by atoms with van der Waals surface area (Å²) in [5, 5.41) is 0. The number of anilines is 1. The minimum absolute atomic E-state index is 0.0401. The molecule has 5 heteroatoms. The fourth-order valence-corrected chi connectivity index (χ4v) is 3.80. The number of piperazine rings is 1. The quantitative estimate of drug-likeness (QED) is 0.906. The zero-order valence-electron chi connectivity index (χ0n) is 14.9. The third-order valence-corrected chi connectivity index (χ3v) is 5.70. The monoisotopic (exact) mass is 330 g/mol. The van der Waals surface area contributed by atoms with E-state index < -0.39 is 0 Å². The van der Waals surface area contributed by atoms with Gasteiger partial charge < -0.3 is 15.5 Å². The number of nitrogens with zero attached hydrogens (tertiary/aromatic N) is 3. The number of nitrogens with two attached hydrogens (primary N) is 1. The van der Waals surface area contributed by atoms with E-state index >= 15 is 0 Å². The van der Waals surface area contributed by atoms with Crippen LogP contribution in [0, 0.1) is 5.41 Å². The molecule has 0 saturated carbocycles. The van der Waals surface area contributed by atoms with Gasteiger partial charge in [0.25, 0.3) is 0 Å². The highest BCUT2D eigenvalue weighted by molar-refractivity contribution is 5.81. The molecule has 2 heterocycles. The normalized spacial score (nSPS) is 26.6. The summed E-state index contributed by atoms with van der Waals surface area (Å²) in [7, 11) is 0. The van der Waals surface area contributed by atoms with E-state index in [1.807, 2.05) is 17.9 Å². The largest absolute Gasteiger partial charge is 0.368 e. The van der Waals surface area contributed by atoms with Crippen molar-refractivity contribution in [3.63, 3.8) is 0 Å². The molecule has 2 N–H and O–H groups in total. The maximum Gasteiger partial charge on any atom is 0.239 e. The molecule has 2 atom stereocenters. The van der Waals surface area contributed by atoms with Crippen molar-refractivity contribution in [2.45, 2.75) is 26.3 Å². The molecule has 2 saturated heterocycles. The van der Waals surface area contributed by atoms with Crippen LogP contribution in [-0.2, 0) is 4.79 Å². The zero-order chi connectivity index (χ0) is 17.2. The molecule has 1 aromatic rings. The van der Waals surface area contributed by atoms with Crippen LogP contribution in [0.2, 0.25) is 0 Å². The summed E-state index contributed by atoms with van der Waals surface area (Å²) in [5.74, 6) is 0.268. The fraction of sp³-hybridized carbons (Fsp3) is 0.632. The lowest BCUT2D eigenvalue weighted by Crippen LogP contribution is -2.54. The molecule has 0 aliphatic carbocycles. The molecule has 0 bridgehead atoms. The Morgan fingerprint density at radius 3 is 2.42 bits per heavy atom. The van der Waals surface area contributed by atoms with E-state index in [0.29, 0.717) is 6.54 Å². The van der Waals surface area contributed by atoms with E-state index in [1.54, 1.807) is 0 Å². The molecule has 2 aliphatic rings. The van der Waals surface area contributed by atoms with Gasteiger partial charge in [-0.1, -0.05) is 25.1 Å². The second-order valence-corrected chi connectivity index (χ2v) is 7.56. The highest BCUT2D eigenvalue weighted by atomic mass is 16.2. The summed E-state index contributed by atoms with van der Waals surface area (Å²) in [6.45, 7) is 10.3. The molecule has 0 spiro atoms. The van der Waals surface area contributed by atoms with E-state index in [-0.39, 0.29) is 17.4 Å². The molecule has 24 heavy (non-hydrogen) atoms. The minimum Gasteiger partial charge on any atom is -0.368 e. The second-order valence-electron chi connectivity index (χ2n) is 7.56. The smallest absolute Gasteiger partial charge is 0.239 e. The van der Waals surface area contributed by atoms with Crippen molar-refractivity contribution in [3.8, 4) is 0 Å². The number of amides is 1. The fourth-order valence-electron chi connectivity index (χ4n) is 3.80. The molecular formula is C19H30N4O. The average Bonchev–Trinajstić information content (AvgIpc) is 3.04. The Morgan fingerprint density at radius 2 is 1.83 bits per heavy atom. The molecule has 3 rings (SSSR count). The summed E-state index contributed by atoms with van der Waals surface area (Å²) in [6.07, 6.45) is 1.09. The predicted molar refractivity (Wildman–Crippen MR) is 98.0 cm³/mol. The first-order valence-corrected chi connectivity index (χ1v) is 9.05. The third kappa shape index (κ3) is 3.57. The van der Waals surface area contributed by atoms with E-state index in [2.05, 4.69) is 41.0 Å². The number of carbonyl (C=O) groups is 1. The summed E-state index contributed by atoms with van der Waals surface area (Å²) >= 11 is 0. The molecular weight excluding hydrogens is 300 g/mol. The Balaban J connectivity index is 1.54. The predicted octanol–water partition coefficient (Wildman–Crippen LogP) is 1.39. The average molecular weight is 330 g/mol. The van der Waals surface area contributed by atoms with Crippen molar-refractivity contribution in [1.82, 2.24) is 9.80 Å². The summed E-state index contributed by atoms with van der Waals surface area (Å²) in [6, 6.07) is 10.4. The van der Waals surface area contributed by atoms with Crippen LogP contribution in [0.1, 0.15) is 20.3 Å². The van der Waals surface area contributed by atoms with Gasteiger partial charge in [0.15, 0.2) is 0 Å². The van der Waals surface area contributed by atoms with Gasteiger partial charge in [0.05, 0.1) is 6.04 Å². The standard InChI is InChI=1S/C19H30N4O/c1-16(23-9-8-19(2,14-20)15-23)18(24)22-12-10-21(11-13-22)17-6-4-3-5-7-17/h3-7,16H,8-15,20H2,1-2H3. The first kappa shape index (κ1) is 17.2. The number of carbonyl (C=O) groups excluding carboxylic acids is 1. The molecule has 2 unspecified atom stereocenters. The molecule has 0 radical (unpaired) electrons. The molecule has 2 aliphatic heterocycles. The summed E-state index contributed by atoms with van der Waals surface area (Å²) in [5.41, 5.74) is 7.31. The van der Waals surface area contributed by atoms with E-state index in [4.69, 9.17) is 5.73 Å². The lowest BCUT2D eigenvalue weighted by atomic mass is 9.90. The van der Waals surface area contributed by atoms with Gasteiger partial charge in [-0.2, -0.15) is 0 Å². The van der Waals surface area contributed by atoms with Gasteiger partial charge in [0.1, 0.15) is 0 Å². The van der Waals surface area contributed by atoms with Crippen molar-refractivity contribution in [1.29, 1.82) is 0 Å². The number of hydrogen-bond acceptors (Lipinski definition) is 4. The van der Waals surface area contributed by atoms with Gasteiger partial charge in [-0.05, 0) is 44.0 Å². The molecule has 1 amide bonds. The zero-order valence-corrected chi connectivity index (χ0v) is 14.9. The Morgan fingerprint density at radius 1 is 1.17 bits per heavy atom. The minimum atomic E-state index is -0.0401. The van der Waals surface area contributed by atoms with Crippen molar-refractivity contribution < 1.29 is 4.79 Å². The highest BCUT2D eigenvalue weighted by Crippen LogP contribution is 2.30. The number of likely N-dealkylation sites (tertiary alicyclic amines) is 1. The first-order valence-electron chi connectivity index (χ1n) is 9.05. The maximum absolute atomic E-state index is 12.9. The van der Waals surface area contributed by atoms with Gasteiger partial charge >= 0.3 is 0 Å². The first-order chi connectivity index (χ1) is 11.5. The van der Waals surface area contributed by atoms with Crippen LogP contribution in [0.3, 0.4) is 0 Å². The van der Waals surface area contributed by atoms with Crippen molar-refractivity contribution in [3.05, 3.63) is 30.3 Å². The topological polar surface area (TPSA) is 52.8 Å². The van der Waals surface area contributed by atoms with Gasteiger partial charge in [-0.15, -0.1) is 0 Å². The Labute approximate surface area is 145 Å². The molecule has 5 nitrogen and oxygen atoms in total. The Kier molecular flexibility index (Phi) is 5.11. The van der Waals surface area contributed by atoms with Gasteiger partial charge in [0.2, 0.25) is 5.91 Å². The SMILES string of the molecule is CC(C(=O)N1CCN(c2ccccc2)CC1)N1CCC(C)(CN)C1. The van der Waals surface area contributed by atoms with Crippen LogP contribution in [0.5, 0.6) is 0 Å². The van der Waals surface area contributed by atoms with Crippen molar-refractivity contribution in [2.75, 3.05) is 50.7 Å². The number of para-hydroxylation sites is 1. The molecule has 0 aromatic heterocycles. The number of rotatable bonds is 4. The van der Waals surface area contributed by atoms with Crippen LogP contribution < -0.4 is 10.6 Å². The molecule has 2 fully saturated rings. The van der Waals surface area contributed by atoms with Crippen LogP contribution in [0.4, 0.5) is 5.69 Å². The number of hydrogen-bond donors (Lipinski definition) is 1. The lowest BCUT2D eigenvalue weighted by molar-refractivity contribution is -0.136. The highest BCUT2D eigenvalue weighted by Gasteiger charge is 2.38. The van der Waals surface area contributed by atoms with E-state index in [0.717, 1.165) is 45.7 Å². The Hall–Kier alpha value is -1.59. The maximum atomic E-state index is 12.9. The van der Waals surface area contributed by atoms with Crippen LogP contribution >= 0.6 is 0 Å². The second kappa shape index (κ2) is 7.11. The third-order valence-electron chi connectivity index (χ3n) is 5.70. The van der Waals surface area contributed by atoms with Gasteiger partial charge in [-0.3, -0.25) is 9.69 Å². The van der Waals surface area contributed by atoms with Crippen molar-refractivity contribution >= 4 is 11.6 Å². The lowest BCUT2D eigenvalue weighted by Gasteiger charge is -2.38. The van der Waals surface area contributed by atoms with E-state index in [1.165, 1.54) is 5.69 Å². The van der Waals surface area contributed by atoms with Gasteiger partial charge in [-0.25, -0.2) is 0 Å². The number of benzene rings is 1. The molecule has 1 aromatic carbocycles. The van der Waals surface area contributed by atoms with Gasteiger partial charge in [0, 0.05) is 38.4 Å².